The van der Waals surface area contributed by atoms with E-state index in [0.29, 0.717) is 36.0 Å². The summed E-state index contributed by atoms with van der Waals surface area (Å²) in [5.74, 6) is -0.544. The second-order valence-electron chi connectivity index (χ2n) is 7.57. The maximum absolute atomic E-state index is 11.9. The fourth-order valence-corrected chi connectivity index (χ4v) is 4.48. The number of carbonyl (C=O) groups is 1. The number of hydrogen-bond acceptors (Lipinski definition) is 6. The molecule has 9 heteroatoms. The van der Waals surface area contributed by atoms with Gasteiger partial charge in [-0.3, -0.25) is 13.7 Å². The van der Waals surface area contributed by atoms with Crippen LogP contribution in [0.2, 0.25) is 0 Å². The molecule has 5 rings (SSSR count). The molecule has 2 N–H and O–H groups in total. The predicted octanol–water partition coefficient (Wildman–Crippen LogP) is 4.66. The van der Waals surface area contributed by atoms with Gasteiger partial charge >= 0.3 is 10.8 Å². The van der Waals surface area contributed by atoms with Crippen LogP contribution in [0, 0.1) is 0 Å². The molecule has 0 amide bonds. The first-order chi connectivity index (χ1) is 16.5. The second-order valence-corrected chi connectivity index (χ2v) is 8.33. The van der Waals surface area contributed by atoms with E-state index in [4.69, 9.17) is 4.74 Å². The minimum Gasteiger partial charge on any atom is -0.478 e. The Morgan fingerprint density at radius 2 is 1.88 bits per heavy atom. The highest BCUT2D eigenvalue weighted by molar-refractivity contribution is 7.03. The molecule has 0 saturated heterocycles. The zero-order valence-corrected chi connectivity index (χ0v) is 19.0. The van der Waals surface area contributed by atoms with Crippen molar-refractivity contribution >= 4 is 28.5 Å². The van der Waals surface area contributed by atoms with E-state index in [2.05, 4.69) is 14.3 Å². The number of nitrogens with one attached hydrogen (secondary N) is 1. The summed E-state index contributed by atoms with van der Waals surface area (Å²) >= 11 is 0.938. The van der Waals surface area contributed by atoms with Crippen molar-refractivity contribution in [1.29, 1.82) is 0 Å². The minimum absolute atomic E-state index is 0.154. The van der Waals surface area contributed by atoms with Gasteiger partial charge in [-0.1, -0.05) is 48.5 Å². The first-order valence-electron chi connectivity index (χ1n) is 10.6. The van der Waals surface area contributed by atoms with Gasteiger partial charge in [0.2, 0.25) is 0 Å². The van der Waals surface area contributed by atoms with Gasteiger partial charge in [-0.05, 0) is 41.8 Å². The average molecular weight is 473 g/mol. The first kappa shape index (κ1) is 21.6. The molecule has 0 bridgehead atoms. The van der Waals surface area contributed by atoms with Gasteiger partial charge in [0.1, 0.15) is 0 Å². The van der Waals surface area contributed by atoms with Crippen molar-refractivity contribution in [3.63, 3.8) is 0 Å². The van der Waals surface area contributed by atoms with Gasteiger partial charge in [-0.25, -0.2) is 4.79 Å². The number of rotatable bonds is 7. The maximum Gasteiger partial charge on any atom is 0.344 e. The summed E-state index contributed by atoms with van der Waals surface area (Å²) in [5, 5.41) is 9.75. The van der Waals surface area contributed by atoms with E-state index >= 15 is 0 Å². The minimum atomic E-state index is -1.03. The Kier molecular flexibility index (Phi) is 5.69. The van der Waals surface area contributed by atoms with Gasteiger partial charge in [-0.2, -0.15) is 9.97 Å². The highest BCUT2D eigenvalue weighted by Gasteiger charge is 2.20. The molecule has 0 atom stereocenters. The number of hydrogen-bond donors (Lipinski definition) is 2. The summed E-state index contributed by atoms with van der Waals surface area (Å²) in [6.45, 7) is 2.57. The lowest BCUT2D eigenvalue weighted by atomic mass is 9.97. The van der Waals surface area contributed by atoms with Crippen molar-refractivity contribution in [3.05, 3.63) is 87.5 Å². The number of imidazole rings is 1. The SMILES string of the molecule is CCOc1nc2cccc(C(=O)O)c2n1Cc1ccc(-c2ccccc2)c(-c2nc(=O)s[nH]2)c1. The number of nitrogens with zero attached hydrogens (tertiary/aromatic N) is 3. The van der Waals surface area contributed by atoms with Gasteiger partial charge in [0, 0.05) is 17.1 Å². The number of fused-ring (bicyclic) bond motifs is 1. The molecule has 0 unspecified atom stereocenters. The summed E-state index contributed by atoms with van der Waals surface area (Å²) in [4.78, 5) is 32.0. The number of ether oxygens (including phenoxy) is 1. The molecule has 0 aliphatic rings. The molecule has 3 aromatic carbocycles. The molecule has 170 valence electrons. The number of aromatic carboxylic acids is 1. The van der Waals surface area contributed by atoms with Crippen molar-refractivity contribution in [2.45, 2.75) is 13.5 Å². The van der Waals surface area contributed by atoms with E-state index in [1.54, 1.807) is 22.8 Å². The van der Waals surface area contributed by atoms with Crippen molar-refractivity contribution in [2.24, 2.45) is 0 Å². The third-order valence-electron chi connectivity index (χ3n) is 5.44. The van der Waals surface area contributed by atoms with Crippen LogP contribution in [-0.2, 0) is 6.54 Å². The first-order valence-corrected chi connectivity index (χ1v) is 11.5. The highest BCUT2D eigenvalue weighted by Crippen LogP contribution is 2.33. The van der Waals surface area contributed by atoms with Crippen molar-refractivity contribution in [2.75, 3.05) is 6.61 Å². The molecular formula is C25H20N4O4S. The Hall–Kier alpha value is -4.24. The summed E-state index contributed by atoms with van der Waals surface area (Å²) in [6, 6.07) is 21.1. The van der Waals surface area contributed by atoms with E-state index in [9.17, 15) is 14.7 Å². The standard InChI is InChI=1S/C25H20N4O4S/c1-2-33-24-26-20-10-6-9-18(23(30)31)21(20)29(24)14-15-11-12-17(16-7-4-3-5-8-16)19(13-15)22-27-25(32)34-28-22/h3-13H,2,14H2,1H3,(H,30,31)(H,27,28,32). The fourth-order valence-electron chi connectivity index (χ4n) is 4.00. The van der Waals surface area contributed by atoms with Crippen LogP contribution in [0.3, 0.4) is 0 Å². The van der Waals surface area contributed by atoms with Crippen LogP contribution in [0.25, 0.3) is 33.5 Å². The van der Waals surface area contributed by atoms with Crippen molar-refractivity contribution in [1.82, 2.24) is 18.9 Å². The lowest BCUT2D eigenvalue weighted by molar-refractivity contribution is 0.0698. The Balaban J connectivity index is 1.67. The van der Waals surface area contributed by atoms with Crippen LogP contribution in [0.1, 0.15) is 22.8 Å². The van der Waals surface area contributed by atoms with E-state index in [-0.39, 0.29) is 10.4 Å². The Bertz CT molecular complexity index is 1550. The van der Waals surface area contributed by atoms with Crippen LogP contribution < -0.4 is 9.61 Å². The number of carboxylic acids is 1. The smallest absolute Gasteiger partial charge is 0.344 e. The molecule has 2 heterocycles. The lowest BCUT2D eigenvalue weighted by Gasteiger charge is -2.13. The van der Waals surface area contributed by atoms with Crippen LogP contribution in [0.15, 0.2) is 71.5 Å². The fraction of sp³-hybridized carbons (Fsp3) is 0.120. The molecule has 2 aromatic heterocycles. The number of aromatic amines is 1. The normalized spacial score (nSPS) is 11.1. The number of benzene rings is 3. The number of carboxylic acid groups (broad SMARTS) is 1. The average Bonchev–Trinajstić information content (AvgIpc) is 3.43. The van der Waals surface area contributed by atoms with Crippen molar-refractivity contribution in [3.8, 4) is 28.5 Å². The van der Waals surface area contributed by atoms with E-state index in [1.807, 2.05) is 55.5 Å². The van der Waals surface area contributed by atoms with E-state index in [0.717, 1.165) is 33.8 Å². The summed E-state index contributed by atoms with van der Waals surface area (Å²) in [7, 11) is 0. The Morgan fingerprint density at radius 3 is 2.59 bits per heavy atom. The Labute approximate surface area is 198 Å². The predicted molar refractivity (Wildman–Crippen MR) is 131 cm³/mol. The molecule has 5 aromatic rings. The number of para-hydroxylation sites is 1. The van der Waals surface area contributed by atoms with Gasteiger partial charge in [0.25, 0.3) is 6.01 Å². The van der Waals surface area contributed by atoms with E-state index in [1.165, 1.54) is 0 Å². The summed E-state index contributed by atoms with van der Waals surface area (Å²) < 4.78 is 10.5. The zero-order chi connectivity index (χ0) is 23.7. The quantitative estimate of drug-likeness (QED) is 0.356. The summed E-state index contributed by atoms with van der Waals surface area (Å²) in [5.41, 5.74) is 4.78. The Morgan fingerprint density at radius 1 is 1.06 bits per heavy atom. The van der Waals surface area contributed by atoms with Crippen molar-refractivity contribution < 1.29 is 14.6 Å². The largest absolute Gasteiger partial charge is 0.478 e. The highest BCUT2D eigenvalue weighted by atomic mass is 32.1. The molecule has 0 fully saturated rings. The number of aromatic nitrogens is 4. The molecule has 8 nitrogen and oxygen atoms in total. The van der Waals surface area contributed by atoms with Gasteiger partial charge in [0.15, 0.2) is 5.82 Å². The maximum atomic E-state index is 11.9. The van der Waals surface area contributed by atoms with Crippen LogP contribution in [0.5, 0.6) is 6.01 Å². The topological polar surface area (TPSA) is 110 Å². The number of H-pyrrole nitrogens is 1. The zero-order valence-electron chi connectivity index (χ0n) is 18.2. The molecule has 0 spiro atoms. The van der Waals surface area contributed by atoms with E-state index < -0.39 is 5.97 Å². The molecule has 0 aliphatic heterocycles. The van der Waals surface area contributed by atoms with Gasteiger partial charge < -0.3 is 9.84 Å². The van der Waals surface area contributed by atoms with Gasteiger partial charge in [0.05, 0.1) is 29.7 Å². The molecule has 0 saturated carbocycles. The third-order valence-corrected chi connectivity index (χ3v) is 6.00. The molecule has 34 heavy (non-hydrogen) atoms. The second kappa shape index (κ2) is 8.95. The van der Waals surface area contributed by atoms with Gasteiger partial charge in [-0.15, -0.1) is 0 Å². The molecular weight excluding hydrogens is 452 g/mol. The third kappa shape index (κ3) is 3.97. The molecule has 0 radical (unpaired) electrons. The van der Waals surface area contributed by atoms with Crippen LogP contribution in [-0.4, -0.2) is 36.6 Å². The lowest BCUT2D eigenvalue weighted by Crippen LogP contribution is -2.08. The summed E-state index contributed by atoms with van der Waals surface area (Å²) in [6.07, 6.45) is 0. The van der Waals surface area contributed by atoms with Crippen LogP contribution in [0.4, 0.5) is 0 Å². The monoisotopic (exact) mass is 472 g/mol. The molecule has 0 aliphatic carbocycles. The van der Waals surface area contributed by atoms with Crippen LogP contribution >= 0.6 is 11.5 Å².